The number of rotatable bonds is 4. The SMILES string of the molecule is CCn1cnnc1C1CCN(C(=O)[C@@H]2C[C@@H]2c2ccc(C)s2)CC1. The Labute approximate surface area is 146 Å². The fourth-order valence-corrected chi connectivity index (χ4v) is 4.91. The maximum absolute atomic E-state index is 12.8. The van der Waals surface area contributed by atoms with Gasteiger partial charge in [0, 0.05) is 47.1 Å². The number of amides is 1. The molecule has 0 spiro atoms. The van der Waals surface area contributed by atoms with Crippen LogP contribution in [-0.4, -0.2) is 38.7 Å². The highest BCUT2D eigenvalue weighted by Crippen LogP contribution is 2.50. The molecule has 0 aromatic carbocycles. The lowest BCUT2D eigenvalue weighted by Crippen LogP contribution is -2.39. The Morgan fingerprint density at radius 1 is 1.33 bits per heavy atom. The zero-order chi connectivity index (χ0) is 16.7. The lowest BCUT2D eigenvalue weighted by Gasteiger charge is -2.31. The number of hydrogen-bond acceptors (Lipinski definition) is 4. The van der Waals surface area contributed by atoms with Gasteiger partial charge in [-0.2, -0.15) is 0 Å². The van der Waals surface area contributed by atoms with Gasteiger partial charge in [0.2, 0.25) is 5.91 Å². The number of carbonyl (C=O) groups is 1. The van der Waals surface area contributed by atoms with Crippen LogP contribution in [-0.2, 0) is 11.3 Å². The van der Waals surface area contributed by atoms with Crippen LogP contribution >= 0.6 is 11.3 Å². The van der Waals surface area contributed by atoms with Crippen molar-refractivity contribution in [3.63, 3.8) is 0 Å². The first-order valence-electron chi connectivity index (χ1n) is 8.90. The molecule has 5 nitrogen and oxygen atoms in total. The highest BCUT2D eigenvalue weighted by molar-refractivity contribution is 7.12. The minimum absolute atomic E-state index is 0.221. The summed E-state index contributed by atoms with van der Waals surface area (Å²) >= 11 is 1.84. The van der Waals surface area contributed by atoms with Crippen LogP contribution in [0.4, 0.5) is 0 Å². The number of aromatic nitrogens is 3. The number of piperidine rings is 1. The van der Waals surface area contributed by atoms with Crippen LogP contribution in [0.1, 0.15) is 53.6 Å². The van der Waals surface area contributed by atoms with E-state index >= 15 is 0 Å². The molecule has 3 heterocycles. The van der Waals surface area contributed by atoms with Crippen molar-refractivity contribution < 1.29 is 4.79 Å². The molecular formula is C18H24N4OS. The summed E-state index contributed by atoms with van der Waals surface area (Å²) in [7, 11) is 0. The van der Waals surface area contributed by atoms with Gasteiger partial charge >= 0.3 is 0 Å². The van der Waals surface area contributed by atoms with Gasteiger partial charge < -0.3 is 9.47 Å². The molecule has 2 fully saturated rings. The Balaban J connectivity index is 1.34. The fraction of sp³-hybridized carbons (Fsp3) is 0.611. The molecule has 6 heteroatoms. The molecule has 0 unspecified atom stereocenters. The summed E-state index contributed by atoms with van der Waals surface area (Å²) in [6.07, 6.45) is 4.84. The van der Waals surface area contributed by atoms with Gasteiger partial charge in [-0.15, -0.1) is 21.5 Å². The minimum Gasteiger partial charge on any atom is -0.342 e. The van der Waals surface area contributed by atoms with Crippen molar-refractivity contribution in [2.45, 2.75) is 51.5 Å². The molecule has 24 heavy (non-hydrogen) atoms. The molecule has 128 valence electrons. The molecule has 2 aliphatic rings. The van der Waals surface area contributed by atoms with Crippen molar-refractivity contribution in [1.82, 2.24) is 19.7 Å². The quantitative estimate of drug-likeness (QED) is 0.856. The molecule has 4 rings (SSSR count). The van der Waals surface area contributed by atoms with Crippen LogP contribution in [0.5, 0.6) is 0 Å². The van der Waals surface area contributed by atoms with E-state index in [2.05, 4.69) is 45.6 Å². The van der Waals surface area contributed by atoms with Crippen molar-refractivity contribution in [3.8, 4) is 0 Å². The number of carbonyl (C=O) groups excluding carboxylic acids is 1. The molecular weight excluding hydrogens is 320 g/mol. The number of nitrogens with zero attached hydrogens (tertiary/aromatic N) is 4. The second-order valence-corrected chi connectivity index (χ2v) is 8.29. The smallest absolute Gasteiger partial charge is 0.226 e. The Bertz CT molecular complexity index is 729. The summed E-state index contributed by atoms with van der Waals surface area (Å²) in [6.45, 7) is 6.86. The number of aryl methyl sites for hydroxylation is 2. The second-order valence-electron chi connectivity index (χ2n) is 6.97. The zero-order valence-corrected chi connectivity index (χ0v) is 15.1. The fourth-order valence-electron chi connectivity index (χ4n) is 3.85. The van der Waals surface area contributed by atoms with E-state index in [9.17, 15) is 4.79 Å². The Morgan fingerprint density at radius 3 is 2.79 bits per heavy atom. The van der Waals surface area contributed by atoms with E-state index in [-0.39, 0.29) is 5.92 Å². The highest BCUT2D eigenvalue weighted by Gasteiger charge is 2.46. The number of thiophene rings is 1. The van der Waals surface area contributed by atoms with Gasteiger partial charge in [0.05, 0.1) is 0 Å². The molecule has 1 amide bonds. The Hall–Kier alpha value is -1.69. The van der Waals surface area contributed by atoms with Crippen LogP contribution in [0.2, 0.25) is 0 Å². The first-order valence-corrected chi connectivity index (χ1v) is 9.71. The average molecular weight is 344 g/mol. The van der Waals surface area contributed by atoms with Gasteiger partial charge in [-0.3, -0.25) is 4.79 Å². The van der Waals surface area contributed by atoms with Crippen LogP contribution in [0.15, 0.2) is 18.5 Å². The summed E-state index contributed by atoms with van der Waals surface area (Å²) < 4.78 is 2.12. The van der Waals surface area contributed by atoms with E-state index in [4.69, 9.17) is 0 Å². The second kappa shape index (κ2) is 6.31. The van der Waals surface area contributed by atoms with Gasteiger partial charge in [-0.1, -0.05) is 0 Å². The van der Waals surface area contributed by atoms with Crippen LogP contribution < -0.4 is 0 Å². The van der Waals surface area contributed by atoms with Crippen molar-refractivity contribution in [1.29, 1.82) is 0 Å². The highest BCUT2D eigenvalue weighted by atomic mass is 32.1. The third kappa shape index (κ3) is 2.88. The normalized spacial score (nSPS) is 24.3. The van der Waals surface area contributed by atoms with Gasteiger partial charge in [-0.25, -0.2) is 0 Å². The van der Waals surface area contributed by atoms with Gasteiger partial charge in [0.1, 0.15) is 12.2 Å². The van der Waals surface area contributed by atoms with Crippen LogP contribution in [0.25, 0.3) is 0 Å². The van der Waals surface area contributed by atoms with Crippen molar-refractivity contribution in [2.24, 2.45) is 5.92 Å². The summed E-state index contributed by atoms with van der Waals surface area (Å²) in [5.41, 5.74) is 0. The minimum atomic E-state index is 0.221. The van der Waals surface area contributed by atoms with Crippen LogP contribution in [0, 0.1) is 12.8 Å². The molecule has 0 N–H and O–H groups in total. The van der Waals surface area contributed by atoms with E-state index in [1.54, 1.807) is 0 Å². The molecule has 0 bridgehead atoms. The summed E-state index contributed by atoms with van der Waals surface area (Å²) in [5.74, 6) is 2.58. The monoisotopic (exact) mass is 344 g/mol. The molecule has 1 saturated heterocycles. The van der Waals surface area contributed by atoms with E-state index < -0.39 is 0 Å². The predicted molar refractivity (Wildman–Crippen MR) is 94.2 cm³/mol. The maximum atomic E-state index is 12.8. The Kier molecular flexibility index (Phi) is 4.16. The molecule has 2 aromatic heterocycles. The first-order chi connectivity index (χ1) is 11.7. The van der Waals surface area contributed by atoms with E-state index in [1.165, 1.54) is 9.75 Å². The molecule has 2 atom stereocenters. The molecule has 2 aromatic rings. The third-order valence-electron chi connectivity index (χ3n) is 5.39. The van der Waals surface area contributed by atoms with Crippen LogP contribution in [0.3, 0.4) is 0 Å². The maximum Gasteiger partial charge on any atom is 0.226 e. The summed E-state index contributed by atoms with van der Waals surface area (Å²) in [5, 5.41) is 8.33. The average Bonchev–Trinajstić information content (AvgIpc) is 3.04. The topological polar surface area (TPSA) is 51.0 Å². The largest absolute Gasteiger partial charge is 0.342 e. The Morgan fingerprint density at radius 2 is 2.12 bits per heavy atom. The van der Waals surface area contributed by atoms with Crippen molar-refractivity contribution in [2.75, 3.05) is 13.1 Å². The molecule has 0 radical (unpaired) electrons. The lowest BCUT2D eigenvalue weighted by molar-refractivity contribution is -0.133. The van der Waals surface area contributed by atoms with Crippen molar-refractivity contribution >= 4 is 17.2 Å². The van der Waals surface area contributed by atoms with E-state index in [0.29, 0.717) is 17.7 Å². The molecule has 1 aliphatic heterocycles. The first kappa shape index (κ1) is 15.8. The van der Waals surface area contributed by atoms with Gasteiger partial charge in [0.25, 0.3) is 0 Å². The molecule has 1 saturated carbocycles. The van der Waals surface area contributed by atoms with Crippen molar-refractivity contribution in [3.05, 3.63) is 34.0 Å². The lowest BCUT2D eigenvalue weighted by atomic mass is 9.95. The van der Waals surface area contributed by atoms with E-state index in [0.717, 1.165) is 44.7 Å². The summed E-state index contributed by atoms with van der Waals surface area (Å²) in [6, 6.07) is 4.36. The zero-order valence-electron chi connectivity index (χ0n) is 14.3. The predicted octanol–water partition coefficient (Wildman–Crippen LogP) is 3.18. The number of hydrogen-bond donors (Lipinski definition) is 0. The van der Waals surface area contributed by atoms with E-state index in [1.807, 2.05) is 17.7 Å². The standard InChI is InChI=1S/C18H24N4OS/c1-3-21-11-19-20-17(21)13-6-8-22(9-7-13)18(23)15-10-14(15)16-5-4-12(2)24-16/h4-5,11,13-15H,3,6-10H2,1-2H3/t14-,15+/m0/s1. The van der Waals surface area contributed by atoms with Gasteiger partial charge in [0.15, 0.2) is 0 Å². The number of likely N-dealkylation sites (tertiary alicyclic amines) is 1. The van der Waals surface area contributed by atoms with Gasteiger partial charge in [-0.05, 0) is 45.2 Å². The third-order valence-corrected chi connectivity index (χ3v) is 6.52. The summed E-state index contributed by atoms with van der Waals surface area (Å²) in [4.78, 5) is 17.6. The molecule has 1 aliphatic carbocycles.